The number of nitrogens with one attached hydrogen (secondary N) is 1. The SMILES string of the molecule is CN1CCC(CO)(NC(=O)c2cc(-c3ccc(Cl)cc3)nn(-c3cnn(C)c3)c2=O)CC1. The highest BCUT2D eigenvalue weighted by molar-refractivity contribution is 6.30. The smallest absolute Gasteiger partial charge is 0.284 e. The van der Waals surface area contributed by atoms with E-state index in [4.69, 9.17) is 11.6 Å². The van der Waals surface area contributed by atoms with Crippen molar-refractivity contribution in [2.45, 2.75) is 18.4 Å². The van der Waals surface area contributed by atoms with Crippen LogP contribution in [0.5, 0.6) is 0 Å². The number of aryl methyl sites for hydroxylation is 1. The van der Waals surface area contributed by atoms with Crippen molar-refractivity contribution >= 4 is 17.5 Å². The molecule has 3 heterocycles. The summed E-state index contributed by atoms with van der Waals surface area (Å²) >= 11 is 6.01. The van der Waals surface area contributed by atoms with Gasteiger partial charge >= 0.3 is 0 Å². The Hall–Kier alpha value is -3.01. The summed E-state index contributed by atoms with van der Waals surface area (Å²) in [7, 11) is 3.73. The number of carbonyl (C=O) groups excluding carboxylic acids is 1. The van der Waals surface area contributed by atoms with E-state index in [1.54, 1.807) is 42.2 Å². The third kappa shape index (κ3) is 4.45. The molecule has 32 heavy (non-hydrogen) atoms. The molecule has 2 N–H and O–H groups in total. The molecule has 0 aliphatic carbocycles. The van der Waals surface area contributed by atoms with Crippen LogP contribution >= 0.6 is 11.6 Å². The standard InChI is InChI=1S/C22H25ClN6O3/c1-27-9-7-22(14-30,8-10-27)25-20(31)18-11-19(15-3-5-16(23)6-4-15)26-29(21(18)32)17-12-24-28(2)13-17/h3-6,11-13,30H,7-10,14H2,1-2H3,(H,25,31). The molecule has 1 aliphatic rings. The maximum Gasteiger partial charge on any atom is 0.284 e. The van der Waals surface area contributed by atoms with E-state index in [0.717, 1.165) is 13.1 Å². The normalized spacial score (nSPS) is 16.1. The molecule has 3 aromatic rings. The van der Waals surface area contributed by atoms with Gasteiger partial charge in [0.15, 0.2) is 0 Å². The predicted molar refractivity (Wildman–Crippen MR) is 121 cm³/mol. The third-order valence-corrected chi connectivity index (χ3v) is 6.11. The quantitative estimate of drug-likeness (QED) is 0.602. The first-order valence-corrected chi connectivity index (χ1v) is 10.7. The number of carbonyl (C=O) groups is 1. The van der Waals surface area contributed by atoms with Gasteiger partial charge in [0.2, 0.25) is 0 Å². The number of aliphatic hydroxyl groups excluding tert-OH is 1. The van der Waals surface area contributed by atoms with E-state index in [9.17, 15) is 14.7 Å². The molecule has 168 valence electrons. The Morgan fingerprint density at radius 2 is 1.91 bits per heavy atom. The van der Waals surface area contributed by atoms with Gasteiger partial charge in [0.25, 0.3) is 11.5 Å². The van der Waals surface area contributed by atoms with Crippen molar-refractivity contribution in [3.63, 3.8) is 0 Å². The fourth-order valence-corrected chi connectivity index (χ4v) is 3.91. The van der Waals surface area contributed by atoms with Crippen LogP contribution < -0.4 is 10.9 Å². The zero-order valence-electron chi connectivity index (χ0n) is 18.0. The Balaban J connectivity index is 1.78. The largest absolute Gasteiger partial charge is 0.394 e. The van der Waals surface area contributed by atoms with E-state index in [1.165, 1.54) is 16.9 Å². The first kappa shape index (κ1) is 22.2. The molecule has 1 aromatic carbocycles. The van der Waals surface area contributed by atoms with Crippen LogP contribution in [0.2, 0.25) is 5.02 Å². The second-order valence-electron chi connectivity index (χ2n) is 8.24. The van der Waals surface area contributed by atoms with Gasteiger partial charge in [-0.15, -0.1) is 0 Å². The monoisotopic (exact) mass is 456 g/mol. The van der Waals surface area contributed by atoms with Crippen molar-refractivity contribution in [1.29, 1.82) is 0 Å². The molecule has 0 atom stereocenters. The Morgan fingerprint density at radius 3 is 2.50 bits per heavy atom. The summed E-state index contributed by atoms with van der Waals surface area (Å²) < 4.78 is 2.73. The molecule has 2 aromatic heterocycles. The van der Waals surface area contributed by atoms with Crippen LogP contribution in [-0.2, 0) is 7.05 Å². The maximum atomic E-state index is 13.3. The summed E-state index contributed by atoms with van der Waals surface area (Å²) in [6.45, 7) is 1.29. The zero-order chi connectivity index (χ0) is 22.9. The molecular formula is C22H25ClN6O3. The van der Waals surface area contributed by atoms with E-state index in [0.29, 0.717) is 34.8 Å². The van der Waals surface area contributed by atoms with Crippen molar-refractivity contribution in [1.82, 2.24) is 29.8 Å². The molecule has 0 spiro atoms. The van der Waals surface area contributed by atoms with Gasteiger partial charge in [0, 0.05) is 30.7 Å². The first-order chi connectivity index (χ1) is 15.3. The van der Waals surface area contributed by atoms with Crippen LogP contribution in [0.1, 0.15) is 23.2 Å². The lowest BCUT2D eigenvalue weighted by molar-refractivity contribution is 0.0661. The Morgan fingerprint density at radius 1 is 1.22 bits per heavy atom. The number of benzene rings is 1. The van der Waals surface area contributed by atoms with E-state index in [2.05, 4.69) is 20.4 Å². The summed E-state index contributed by atoms with van der Waals surface area (Å²) in [5, 5.41) is 22.1. The summed E-state index contributed by atoms with van der Waals surface area (Å²) in [5.74, 6) is -0.538. The molecule has 9 nitrogen and oxygen atoms in total. The van der Waals surface area contributed by atoms with Crippen molar-refractivity contribution in [3.05, 3.63) is 63.7 Å². The van der Waals surface area contributed by atoms with Gasteiger partial charge in [0.1, 0.15) is 11.3 Å². The lowest BCUT2D eigenvalue weighted by atomic mass is 9.88. The molecule has 1 saturated heterocycles. The molecular weight excluding hydrogens is 432 g/mol. The average Bonchev–Trinajstić information content (AvgIpc) is 3.22. The molecule has 0 radical (unpaired) electrons. The van der Waals surface area contributed by atoms with Crippen molar-refractivity contribution in [2.24, 2.45) is 7.05 Å². The van der Waals surface area contributed by atoms with Gasteiger partial charge in [-0.05, 0) is 38.1 Å². The maximum absolute atomic E-state index is 13.3. The minimum Gasteiger partial charge on any atom is -0.394 e. The average molecular weight is 457 g/mol. The van der Waals surface area contributed by atoms with E-state index >= 15 is 0 Å². The zero-order valence-corrected chi connectivity index (χ0v) is 18.7. The second-order valence-corrected chi connectivity index (χ2v) is 8.67. The summed E-state index contributed by atoms with van der Waals surface area (Å²) in [5.41, 5.74) is 0.209. The number of piperidine rings is 1. The number of hydrogen-bond acceptors (Lipinski definition) is 6. The predicted octanol–water partition coefficient (Wildman–Crippen LogP) is 1.47. The van der Waals surface area contributed by atoms with Gasteiger partial charge < -0.3 is 15.3 Å². The van der Waals surface area contributed by atoms with Gasteiger partial charge in [-0.2, -0.15) is 14.9 Å². The van der Waals surface area contributed by atoms with Crippen LogP contribution in [0.15, 0.2) is 47.5 Å². The minimum absolute atomic E-state index is 0.0550. The Kier molecular flexibility index (Phi) is 6.14. The van der Waals surface area contributed by atoms with Crippen LogP contribution in [0.25, 0.3) is 16.9 Å². The number of aromatic nitrogens is 4. The molecule has 1 amide bonds. The second kappa shape index (κ2) is 8.85. The van der Waals surface area contributed by atoms with Crippen LogP contribution in [0, 0.1) is 0 Å². The number of aliphatic hydroxyl groups is 1. The topological polar surface area (TPSA) is 105 Å². The highest BCUT2D eigenvalue weighted by Crippen LogP contribution is 2.23. The molecule has 1 fully saturated rings. The van der Waals surface area contributed by atoms with Crippen LogP contribution in [0.4, 0.5) is 0 Å². The Bertz CT molecular complexity index is 1180. The van der Waals surface area contributed by atoms with Gasteiger partial charge in [0.05, 0.1) is 30.2 Å². The fraction of sp³-hybridized carbons (Fsp3) is 0.364. The first-order valence-electron chi connectivity index (χ1n) is 10.3. The summed E-state index contributed by atoms with van der Waals surface area (Å²) in [4.78, 5) is 28.7. The highest BCUT2D eigenvalue weighted by Gasteiger charge is 2.35. The van der Waals surface area contributed by atoms with E-state index in [-0.39, 0.29) is 12.2 Å². The number of likely N-dealkylation sites (tertiary alicyclic amines) is 1. The molecule has 1 aliphatic heterocycles. The number of rotatable bonds is 5. The Labute approximate surface area is 190 Å². The number of halogens is 1. The molecule has 0 saturated carbocycles. The van der Waals surface area contributed by atoms with Gasteiger partial charge in [-0.1, -0.05) is 23.7 Å². The fourth-order valence-electron chi connectivity index (χ4n) is 3.79. The summed E-state index contributed by atoms with van der Waals surface area (Å²) in [6, 6.07) is 8.47. The van der Waals surface area contributed by atoms with E-state index < -0.39 is 17.0 Å². The molecule has 0 bridgehead atoms. The third-order valence-electron chi connectivity index (χ3n) is 5.86. The number of nitrogens with zero attached hydrogens (tertiary/aromatic N) is 5. The molecule has 0 unspecified atom stereocenters. The lowest BCUT2D eigenvalue weighted by Gasteiger charge is -2.39. The van der Waals surface area contributed by atoms with Crippen LogP contribution in [0.3, 0.4) is 0 Å². The van der Waals surface area contributed by atoms with Crippen LogP contribution in [-0.4, -0.2) is 67.8 Å². The van der Waals surface area contributed by atoms with Gasteiger partial charge in [-0.25, -0.2) is 0 Å². The molecule has 4 rings (SSSR count). The molecule has 10 heteroatoms. The number of amides is 1. The lowest BCUT2D eigenvalue weighted by Crippen LogP contribution is -2.57. The van der Waals surface area contributed by atoms with Crippen molar-refractivity contribution in [2.75, 3.05) is 26.7 Å². The highest BCUT2D eigenvalue weighted by atomic mass is 35.5. The van der Waals surface area contributed by atoms with E-state index in [1.807, 2.05) is 7.05 Å². The minimum atomic E-state index is -0.765. The van der Waals surface area contributed by atoms with Crippen molar-refractivity contribution < 1.29 is 9.90 Å². The van der Waals surface area contributed by atoms with Gasteiger partial charge in [-0.3, -0.25) is 14.3 Å². The number of hydrogen-bond donors (Lipinski definition) is 2. The van der Waals surface area contributed by atoms with Crippen molar-refractivity contribution in [3.8, 4) is 16.9 Å². The summed E-state index contributed by atoms with van der Waals surface area (Å²) in [6.07, 6.45) is 4.34.